The number of nitrogens with zero attached hydrogens (tertiary/aromatic N) is 1. The van der Waals surface area contributed by atoms with E-state index in [0.29, 0.717) is 12.5 Å². The molecule has 0 heterocycles. The van der Waals surface area contributed by atoms with E-state index in [4.69, 9.17) is 4.84 Å². The Morgan fingerprint density at radius 3 is 2.71 bits per heavy atom. The number of rotatable bonds is 4. The predicted octanol–water partition coefficient (Wildman–Crippen LogP) is 2.78. The van der Waals surface area contributed by atoms with Crippen LogP contribution >= 0.6 is 0 Å². The van der Waals surface area contributed by atoms with E-state index in [-0.39, 0.29) is 0 Å². The molecular formula is C12H14NO. The molecule has 1 aromatic carbocycles. The van der Waals surface area contributed by atoms with E-state index >= 15 is 0 Å². The summed E-state index contributed by atoms with van der Waals surface area (Å²) < 4.78 is 0. The molecular weight excluding hydrogens is 174 g/mol. The maximum atomic E-state index is 5.12. The highest BCUT2D eigenvalue weighted by molar-refractivity contribution is 5.62. The topological polar surface area (TPSA) is 21.6 Å². The average molecular weight is 188 g/mol. The SMILES string of the molecule is Cc1ccc(CO/N=[C]\C2CC2)cc1. The Hall–Kier alpha value is -1.31. The van der Waals surface area contributed by atoms with Crippen molar-refractivity contribution in [1.82, 2.24) is 0 Å². The molecule has 1 saturated carbocycles. The van der Waals surface area contributed by atoms with Crippen LogP contribution in [-0.2, 0) is 11.4 Å². The van der Waals surface area contributed by atoms with Crippen LogP contribution in [0.15, 0.2) is 29.4 Å². The number of hydrogen-bond acceptors (Lipinski definition) is 2. The zero-order valence-corrected chi connectivity index (χ0v) is 8.36. The van der Waals surface area contributed by atoms with Crippen LogP contribution in [0.4, 0.5) is 0 Å². The van der Waals surface area contributed by atoms with E-state index in [0.717, 1.165) is 5.56 Å². The lowest BCUT2D eigenvalue weighted by Crippen LogP contribution is -1.87. The molecule has 14 heavy (non-hydrogen) atoms. The second-order valence-electron chi connectivity index (χ2n) is 3.75. The van der Waals surface area contributed by atoms with E-state index in [9.17, 15) is 0 Å². The minimum Gasteiger partial charge on any atom is -0.391 e. The predicted molar refractivity (Wildman–Crippen MR) is 56.1 cm³/mol. The van der Waals surface area contributed by atoms with Crippen LogP contribution in [0.3, 0.4) is 0 Å². The van der Waals surface area contributed by atoms with Gasteiger partial charge in [0, 0.05) is 5.92 Å². The molecule has 0 N–H and O–H groups in total. The van der Waals surface area contributed by atoms with Crippen LogP contribution in [-0.4, -0.2) is 6.21 Å². The quantitative estimate of drug-likeness (QED) is 0.526. The first-order valence-electron chi connectivity index (χ1n) is 4.97. The van der Waals surface area contributed by atoms with Crippen molar-refractivity contribution in [1.29, 1.82) is 0 Å². The molecule has 1 aliphatic carbocycles. The summed E-state index contributed by atoms with van der Waals surface area (Å²) in [5, 5.41) is 3.80. The zero-order chi connectivity index (χ0) is 9.80. The summed E-state index contributed by atoms with van der Waals surface area (Å²) in [5.41, 5.74) is 2.42. The highest BCUT2D eigenvalue weighted by Crippen LogP contribution is 2.26. The van der Waals surface area contributed by atoms with Gasteiger partial charge in [-0.15, -0.1) is 0 Å². The summed E-state index contributed by atoms with van der Waals surface area (Å²) in [6.45, 7) is 2.61. The summed E-state index contributed by atoms with van der Waals surface area (Å²) in [4.78, 5) is 5.12. The smallest absolute Gasteiger partial charge is 0.142 e. The Labute approximate surface area is 84.6 Å². The molecule has 0 amide bonds. The summed E-state index contributed by atoms with van der Waals surface area (Å²) in [6, 6.07) is 8.27. The molecule has 1 fully saturated rings. The van der Waals surface area contributed by atoms with Crippen molar-refractivity contribution in [2.24, 2.45) is 11.1 Å². The van der Waals surface area contributed by atoms with E-state index in [2.05, 4.69) is 42.6 Å². The van der Waals surface area contributed by atoms with Crippen molar-refractivity contribution in [3.63, 3.8) is 0 Å². The van der Waals surface area contributed by atoms with E-state index < -0.39 is 0 Å². The van der Waals surface area contributed by atoms with Gasteiger partial charge in [0.1, 0.15) is 12.8 Å². The van der Waals surface area contributed by atoms with Crippen molar-refractivity contribution in [2.75, 3.05) is 0 Å². The lowest BCUT2D eigenvalue weighted by molar-refractivity contribution is 0.131. The van der Waals surface area contributed by atoms with Gasteiger partial charge < -0.3 is 4.84 Å². The van der Waals surface area contributed by atoms with Gasteiger partial charge in [0.15, 0.2) is 0 Å². The van der Waals surface area contributed by atoms with Gasteiger partial charge in [-0.05, 0) is 25.3 Å². The summed E-state index contributed by atoms with van der Waals surface area (Å²) in [5.74, 6) is 0.563. The highest BCUT2D eigenvalue weighted by Gasteiger charge is 2.19. The maximum Gasteiger partial charge on any atom is 0.142 e. The van der Waals surface area contributed by atoms with Gasteiger partial charge in [0.05, 0.1) is 0 Å². The van der Waals surface area contributed by atoms with Crippen LogP contribution in [0.5, 0.6) is 0 Å². The van der Waals surface area contributed by atoms with E-state index in [1.165, 1.54) is 18.4 Å². The lowest BCUT2D eigenvalue weighted by atomic mass is 10.2. The normalized spacial score (nSPS) is 16.1. The molecule has 0 saturated heterocycles. The van der Waals surface area contributed by atoms with Gasteiger partial charge in [0.25, 0.3) is 0 Å². The van der Waals surface area contributed by atoms with Crippen LogP contribution in [0.2, 0.25) is 0 Å². The summed E-state index contributed by atoms with van der Waals surface area (Å²) in [6.07, 6.45) is 5.38. The number of aryl methyl sites for hydroxylation is 1. The molecule has 0 atom stereocenters. The molecule has 2 heteroatoms. The Morgan fingerprint density at radius 1 is 1.36 bits per heavy atom. The Kier molecular flexibility index (Phi) is 2.82. The molecule has 0 unspecified atom stereocenters. The van der Waals surface area contributed by atoms with E-state index in [1.807, 2.05) is 0 Å². The fourth-order valence-electron chi connectivity index (χ4n) is 1.12. The Balaban J connectivity index is 1.76. The molecule has 0 aliphatic heterocycles. The first kappa shape index (κ1) is 9.25. The third kappa shape index (κ3) is 2.87. The molecule has 2 nitrogen and oxygen atoms in total. The van der Waals surface area contributed by atoms with Gasteiger partial charge in [-0.2, -0.15) is 0 Å². The minimum atomic E-state index is 0.542. The van der Waals surface area contributed by atoms with Crippen molar-refractivity contribution in [3.8, 4) is 0 Å². The molecule has 0 aromatic heterocycles. The fourth-order valence-corrected chi connectivity index (χ4v) is 1.12. The molecule has 0 bridgehead atoms. The number of benzene rings is 1. The van der Waals surface area contributed by atoms with Gasteiger partial charge in [-0.25, -0.2) is 0 Å². The first-order valence-corrected chi connectivity index (χ1v) is 4.97. The molecule has 0 spiro atoms. The molecule has 1 radical (unpaired) electrons. The summed E-state index contributed by atoms with van der Waals surface area (Å²) in [7, 11) is 0. The lowest BCUT2D eigenvalue weighted by Gasteiger charge is -1.99. The van der Waals surface area contributed by atoms with Crippen molar-refractivity contribution >= 4 is 6.21 Å². The van der Waals surface area contributed by atoms with Gasteiger partial charge >= 0.3 is 0 Å². The molecule has 1 aromatic rings. The fraction of sp³-hybridized carbons (Fsp3) is 0.417. The molecule has 73 valence electrons. The van der Waals surface area contributed by atoms with Gasteiger partial charge in [-0.3, -0.25) is 0 Å². The second-order valence-corrected chi connectivity index (χ2v) is 3.75. The Morgan fingerprint density at radius 2 is 2.07 bits per heavy atom. The van der Waals surface area contributed by atoms with Crippen LogP contribution < -0.4 is 0 Å². The van der Waals surface area contributed by atoms with E-state index in [1.54, 1.807) is 0 Å². The van der Waals surface area contributed by atoms with Crippen LogP contribution in [0.25, 0.3) is 0 Å². The van der Waals surface area contributed by atoms with Crippen LogP contribution in [0, 0.1) is 12.8 Å². The van der Waals surface area contributed by atoms with Crippen molar-refractivity contribution in [2.45, 2.75) is 26.4 Å². The average Bonchev–Trinajstić information content (AvgIpc) is 2.99. The Bertz CT molecular complexity index is 312. The molecule has 2 rings (SSSR count). The monoisotopic (exact) mass is 188 g/mol. The van der Waals surface area contributed by atoms with Crippen molar-refractivity contribution in [3.05, 3.63) is 35.4 Å². The third-order valence-corrected chi connectivity index (χ3v) is 2.23. The number of hydrogen-bond donors (Lipinski definition) is 0. The standard InChI is InChI=1S/C12H14NO/c1-10-2-4-12(5-3-10)9-14-13-8-11-6-7-11/h2-5,11H,6-7,9H2,1H3. The highest BCUT2D eigenvalue weighted by atomic mass is 16.6. The third-order valence-electron chi connectivity index (χ3n) is 2.23. The van der Waals surface area contributed by atoms with Gasteiger partial charge in [0.2, 0.25) is 0 Å². The van der Waals surface area contributed by atoms with Crippen molar-refractivity contribution < 1.29 is 4.84 Å². The zero-order valence-electron chi connectivity index (χ0n) is 8.36. The molecule has 1 aliphatic rings. The maximum absolute atomic E-state index is 5.12. The van der Waals surface area contributed by atoms with Crippen LogP contribution in [0.1, 0.15) is 24.0 Å². The first-order chi connectivity index (χ1) is 6.84. The van der Waals surface area contributed by atoms with Gasteiger partial charge in [-0.1, -0.05) is 35.0 Å². The largest absolute Gasteiger partial charge is 0.391 e. The summed E-state index contributed by atoms with van der Waals surface area (Å²) >= 11 is 0. The minimum absolute atomic E-state index is 0.542. The second kappa shape index (κ2) is 4.27.